The standard InChI is InChI=1S/C45H58N2O10SSi/c1-32(2)43(4,5)59-57-39-29-40(47-30-33(3)41(48)46-42(47)49)56-44(39,27-15-10-9-11-16-28-55-58(8,50)51)31-54-45(34-17-13-12-14-18-34,35-19-23-37(52-6)24-20-35)36-21-25-38(53-7)26-22-36/h12-15,17-27,30,32,39-40H,9-11,16,28-29,31H2,1-8H3,(H,46,48,49)/t39-,40+,44+/m0/s1. The maximum atomic E-state index is 13.4. The quantitative estimate of drug-likeness (QED) is 0.0295. The predicted octanol–water partition coefficient (Wildman–Crippen LogP) is 7.48. The highest BCUT2D eigenvalue weighted by Crippen LogP contribution is 2.47. The van der Waals surface area contributed by atoms with Crippen LogP contribution in [0.2, 0.25) is 5.04 Å². The fourth-order valence-corrected chi connectivity index (χ4v) is 8.27. The number of rotatable bonds is 21. The highest BCUT2D eigenvalue weighted by atomic mass is 32.2. The second kappa shape index (κ2) is 19.8. The second-order valence-electron chi connectivity index (χ2n) is 15.9. The van der Waals surface area contributed by atoms with E-state index in [1.54, 1.807) is 21.1 Å². The van der Waals surface area contributed by atoms with E-state index < -0.39 is 44.9 Å². The summed E-state index contributed by atoms with van der Waals surface area (Å²) in [6.45, 7) is 10.5. The number of aryl methyl sites for hydroxylation is 1. The molecule has 0 saturated carbocycles. The first-order valence-electron chi connectivity index (χ1n) is 20.0. The third kappa shape index (κ3) is 11.3. The third-order valence-electron chi connectivity index (χ3n) is 11.1. The number of allylic oxidation sites excluding steroid dienone is 1. The topological polar surface area (TPSA) is 144 Å². The highest BCUT2D eigenvalue weighted by molar-refractivity contribution is 7.85. The molecule has 1 fully saturated rings. The Labute approximate surface area is 350 Å². The number of nitrogens with zero attached hydrogens (tertiary/aromatic N) is 1. The van der Waals surface area contributed by atoms with Crippen molar-refractivity contribution < 1.29 is 36.0 Å². The molecular weight excluding hydrogens is 789 g/mol. The molecule has 5 rings (SSSR count). The minimum Gasteiger partial charge on any atom is -0.497 e. The van der Waals surface area contributed by atoms with Gasteiger partial charge in [0.1, 0.15) is 28.9 Å². The summed E-state index contributed by atoms with van der Waals surface area (Å²) < 4.78 is 61.9. The first kappa shape index (κ1) is 45.8. The van der Waals surface area contributed by atoms with Gasteiger partial charge in [0.05, 0.1) is 39.8 Å². The van der Waals surface area contributed by atoms with Crippen molar-refractivity contribution in [3.8, 4) is 11.5 Å². The van der Waals surface area contributed by atoms with Crippen molar-refractivity contribution in [2.75, 3.05) is 33.7 Å². The largest absolute Gasteiger partial charge is 0.497 e. The van der Waals surface area contributed by atoms with Gasteiger partial charge in [0.15, 0.2) is 0 Å². The van der Waals surface area contributed by atoms with E-state index in [9.17, 15) is 18.0 Å². The molecule has 1 saturated heterocycles. The van der Waals surface area contributed by atoms with Gasteiger partial charge in [-0.2, -0.15) is 8.42 Å². The molecule has 4 aromatic rings. The van der Waals surface area contributed by atoms with Crippen molar-refractivity contribution in [1.29, 1.82) is 0 Å². The lowest BCUT2D eigenvalue weighted by atomic mass is 9.79. The van der Waals surface area contributed by atoms with Crippen molar-refractivity contribution in [1.82, 2.24) is 9.55 Å². The lowest BCUT2D eigenvalue weighted by molar-refractivity contribution is -0.133. The lowest BCUT2D eigenvalue weighted by Gasteiger charge is -2.41. The summed E-state index contributed by atoms with van der Waals surface area (Å²) >= 11 is 0. The van der Waals surface area contributed by atoms with E-state index >= 15 is 0 Å². The van der Waals surface area contributed by atoms with Crippen molar-refractivity contribution in [3.63, 3.8) is 0 Å². The minimum absolute atomic E-state index is 0.0104. The number of aromatic amines is 1. The molecule has 0 aliphatic carbocycles. The first-order valence-corrected chi connectivity index (χ1v) is 22.7. The summed E-state index contributed by atoms with van der Waals surface area (Å²) in [6.07, 6.45) is 8.29. The van der Waals surface area contributed by atoms with Crippen molar-refractivity contribution >= 4 is 19.9 Å². The van der Waals surface area contributed by atoms with Gasteiger partial charge in [-0.15, -0.1) is 0 Å². The van der Waals surface area contributed by atoms with E-state index in [0.29, 0.717) is 42.2 Å². The van der Waals surface area contributed by atoms with Crippen LogP contribution in [0.25, 0.3) is 0 Å². The van der Waals surface area contributed by atoms with Crippen LogP contribution >= 0.6 is 0 Å². The molecule has 0 bridgehead atoms. The second-order valence-corrected chi connectivity index (χ2v) is 19.3. The number of methoxy groups -OCH3 is 2. The van der Waals surface area contributed by atoms with E-state index in [-0.39, 0.29) is 28.0 Å². The van der Waals surface area contributed by atoms with Crippen LogP contribution in [-0.2, 0) is 33.8 Å². The summed E-state index contributed by atoms with van der Waals surface area (Å²) in [7, 11) is -0.167. The Morgan fingerprint density at radius 3 is 2.07 bits per heavy atom. The van der Waals surface area contributed by atoms with E-state index in [4.69, 9.17) is 27.6 Å². The molecule has 318 valence electrons. The number of unbranched alkanes of at least 4 members (excludes halogenated alkanes) is 3. The predicted molar refractivity (Wildman–Crippen MR) is 230 cm³/mol. The zero-order valence-electron chi connectivity index (χ0n) is 35.4. The maximum Gasteiger partial charge on any atom is 0.330 e. The van der Waals surface area contributed by atoms with Crippen LogP contribution in [-0.4, -0.2) is 73.1 Å². The molecule has 3 atom stereocenters. The molecule has 2 radical (unpaired) electrons. The molecule has 1 aromatic heterocycles. The highest BCUT2D eigenvalue weighted by Gasteiger charge is 2.52. The van der Waals surface area contributed by atoms with Gasteiger partial charge in [-0.25, -0.2) is 4.79 Å². The fraction of sp³-hybridized carbons (Fsp3) is 0.467. The SMILES string of the molecule is COc1ccc(C(OC[C@@]2(C=CCCCCCOS(C)(=O)=O)O[C@@H](n3cc(C)c(=O)[nH]c3=O)C[C@@H]2O[Si]C(C)(C)C(C)C)(c2ccccc2)c2ccc(OC)cc2)cc1. The Morgan fingerprint density at radius 1 is 0.915 bits per heavy atom. The smallest absolute Gasteiger partial charge is 0.330 e. The van der Waals surface area contributed by atoms with Crippen LogP contribution in [0, 0.1) is 12.8 Å². The number of hydrogen-bond donors (Lipinski definition) is 1. The van der Waals surface area contributed by atoms with E-state index in [1.807, 2.05) is 91.0 Å². The van der Waals surface area contributed by atoms with Gasteiger partial charge >= 0.3 is 5.69 Å². The summed E-state index contributed by atoms with van der Waals surface area (Å²) in [5.74, 6) is 1.70. The van der Waals surface area contributed by atoms with Crippen LogP contribution in [0.15, 0.2) is 107 Å². The van der Waals surface area contributed by atoms with E-state index in [1.165, 1.54) is 10.8 Å². The molecular formula is C45H58N2O10SSi. The summed E-state index contributed by atoms with van der Waals surface area (Å²) in [5, 5.41) is -0.173. The maximum absolute atomic E-state index is 13.4. The van der Waals surface area contributed by atoms with Gasteiger partial charge in [-0.1, -0.05) is 101 Å². The summed E-state index contributed by atoms with van der Waals surface area (Å²) in [6, 6.07) is 25.6. The van der Waals surface area contributed by atoms with Gasteiger partial charge in [0, 0.05) is 18.2 Å². The molecule has 1 aliphatic rings. The molecule has 14 heteroatoms. The Morgan fingerprint density at radius 2 is 1.51 bits per heavy atom. The Hall–Kier alpha value is -4.31. The number of ether oxygens (including phenoxy) is 4. The Balaban J connectivity index is 1.64. The van der Waals surface area contributed by atoms with Crippen LogP contribution < -0.4 is 20.7 Å². The molecule has 12 nitrogen and oxygen atoms in total. The zero-order chi connectivity index (χ0) is 42.8. The Bertz CT molecular complexity index is 2170. The normalized spacial score (nSPS) is 18.8. The molecule has 2 heterocycles. The molecule has 59 heavy (non-hydrogen) atoms. The number of H-pyrrole nitrogens is 1. The molecule has 1 N–H and O–H groups in total. The van der Waals surface area contributed by atoms with Gasteiger partial charge < -0.3 is 23.4 Å². The number of benzene rings is 3. The van der Waals surface area contributed by atoms with Crippen molar-refractivity contribution in [3.05, 3.63) is 140 Å². The molecule has 0 spiro atoms. The van der Waals surface area contributed by atoms with Crippen LogP contribution in [0.1, 0.15) is 88.3 Å². The van der Waals surface area contributed by atoms with Crippen LogP contribution in [0.3, 0.4) is 0 Å². The lowest BCUT2D eigenvalue weighted by Crippen LogP contribution is -2.48. The molecule has 1 aliphatic heterocycles. The van der Waals surface area contributed by atoms with Crippen LogP contribution in [0.4, 0.5) is 0 Å². The number of nitrogens with one attached hydrogen (secondary N) is 1. The zero-order valence-corrected chi connectivity index (χ0v) is 37.2. The van der Waals surface area contributed by atoms with E-state index in [0.717, 1.165) is 35.8 Å². The average molecular weight is 847 g/mol. The fourth-order valence-electron chi connectivity index (χ4n) is 6.87. The summed E-state index contributed by atoms with van der Waals surface area (Å²) in [5.41, 5.74) is -0.529. The number of hydrogen-bond acceptors (Lipinski definition) is 10. The van der Waals surface area contributed by atoms with E-state index in [2.05, 4.69) is 32.7 Å². The Kier molecular flexibility index (Phi) is 15.4. The summed E-state index contributed by atoms with van der Waals surface area (Å²) in [4.78, 5) is 28.3. The van der Waals surface area contributed by atoms with Gasteiger partial charge in [-0.3, -0.25) is 18.5 Å². The third-order valence-corrected chi connectivity index (χ3v) is 13.2. The van der Waals surface area contributed by atoms with Gasteiger partial charge in [0.2, 0.25) is 9.76 Å². The number of aromatic nitrogens is 2. The van der Waals surface area contributed by atoms with Crippen molar-refractivity contribution in [2.24, 2.45) is 5.92 Å². The minimum atomic E-state index is -3.50. The average Bonchev–Trinajstić information content (AvgIpc) is 3.58. The first-order chi connectivity index (χ1) is 28.0. The molecule has 0 unspecified atom stereocenters. The monoisotopic (exact) mass is 846 g/mol. The van der Waals surface area contributed by atoms with Gasteiger partial charge in [-0.05, 0) is 78.1 Å². The molecule has 3 aromatic carbocycles. The van der Waals surface area contributed by atoms with Gasteiger partial charge in [0.25, 0.3) is 15.7 Å². The van der Waals surface area contributed by atoms with Crippen LogP contribution in [0.5, 0.6) is 11.5 Å². The molecule has 0 amide bonds. The van der Waals surface area contributed by atoms with Crippen molar-refractivity contribution in [2.45, 2.75) is 95.3 Å².